The number of carbonyl (C=O) groups is 1. The minimum Gasteiger partial charge on any atom is -0.379 e. The van der Waals surface area contributed by atoms with Crippen LogP contribution in [0.1, 0.15) is 34.6 Å². The van der Waals surface area contributed by atoms with Gasteiger partial charge in [0.2, 0.25) is 0 Å². The number of nitrogens with one attached hydrogen (secondary N) is 1. The maximum Gasteiger partial charge on any atom is 0.279 e. The van der Waals surface area contributed by atoms with Gasteiger partial charge in [-0.1, -0.05) is 16.9 Å². The Morgan fingerprint density at radius 3 is 3.12 bits per heavy atom. The monoisotopic (exact) mass is 393 g/mol. The van der Waals surface area contributed by atoms with Gasteiger partial charge >= 0.3 is 0 Å². The molecule has 10 heteroatoms. The van der Waals surface area contributed by atoms with Gasteiger partial charge in [-0.15, -0.1) is 11.3 Å². The van der Waals surface area contributed by atoms with Crippen molar-refractivity contribution < 1.29 is 14.1 Å². The molecule has 0 aromatic carbocycles. The topological polar surface area (TPSA) is 116 Å². The molecule has 4 heterocycles. The first-order valence-electron chi connectivity index (χ1n) is 8.26. The lowest BCUT2D eigenvalue weighted by Gasteiger charge is -2.44. The molecule has 0 spiro atoms. The highest BCUT2D eigenvalue weighted by Gasteiger charge is 2.49. The van der Waals surface area contributed by atoms with Crippen molar-refractivity contribution >= 4 is 40.0 Å². The smallest absolute Gasteiger partial charge is 0.279 e. The van der Waals surface area contributed by atoms with Gasteiger partial charge < -0.3 is 20.3 Å². The predicted octanol–water partition coefficient (Wildman–Crippen LogP) is 2.37. The second-order valence-electron chi connectivity index (χ2n) is 6.55. The fourth-order valence-corrected chi connectivity index (χ4v) is 5.24. The number of nitrogens with two attached hydrogens (primary N) is 1. The first-order valence-corrected chi connectivity index (χ1v) is 10.1. The molecule has 8 nitrogen and oxygen atoms in total. The molecule has 3 unspecified atom stereocenters. The number of ether oxygens (including phenoxy) is 1. The number of aromatic nitrogens is 2. The van der Waals surface area contributed by atoms with Crippen LogP contribution in [0.25, 0.3) is 0 Å². The molecule has 0 bridgehead atoms. The van der Waals surface area contributed by atoms with E-state index in [-0.39, 0.29) is 17.7 Å². The van der Waals surface area contributed by atoms with Crippen LogP contribution in [0.5, 0.6) is 0 Å². The van der Waals surface area contributed by atoms with Crippen LogP contribution in [0.2, 0.25) is 0 Å². The van der Waals surface area contributed by atoms with E-state index in [1.165, 1.54) is 11.3 Å². The van der Waals surface area contributed by atoms with Gasteiger partial charge in [-0.25, -0.2) is 9.98 Å². The number of hydrogen-bond donors (Lipinski definition) is 2. The van der Waals surface area contributed by atoms with Gasteiger partial charge in [-0.2, -0.15) is 0 Å². The van der Waals surface area contributed by atoms with E-state index in [4.69, 9.17) is 20.0 Å². The number of thioether (sulfide) groups is 1. The van der Waals surface area contributed by atoms with Gasteiger partial charge in [0.1, 0.15) is 22.1 Å². The Morgan fingerprint density at radius 2 is 2.35 bits per heavy atom. The molecule has 138 valence electrons. The van der Waals surface area contributed by atoms with E-state index < -0.39 is 5.54 Å². The summed E-state index contributed by atoms with van der Waals surface area (Å²) in [6.07, 6.45) is 1.10. The zero-order valence-corrected chi connectivity index (χ0v) is 16.0. The molecule has 26 heavy (non-hydrogen) atoms. The van der Waals surface area contributed by atoms with Crippen LogP contribution in [0.4, 0.5) is 5.82 Å². The maximum absolute atomic E-state index is 12.2. The van der Waals surface area contributed by atoms with Crippen LogP contribution < -0.4 is 11.1 Å². The van der Waals surface area contributed by atoms with Crippen molar-refractivity contribution in [2.75, 3.05) is 17.7 Å². The SMILES string of the molecule is Cc1cc(C(=O)Nc2csc(C34COC(C)CC3CSC(N)=N4)n2)no1. The van der Waals surface area contributed by atoms with Crippen LogP contribution in [-0.2, 0) is 10.3 Å². The molecule has 0 saturated carbocycles. The largest absolute Gasteiger partial charge is 0.379 e. The Labute approximate surface area is 158 Å². The van der Waals surface area contributed by atoms with E-state index in [0.29, 0.717) is 29.3 Å². The predicted molar refractivity (Wildman–Crippen MR) is 101 cm³/mol. The minimum absolute atomic E-state index is 0.192. The third kappa shape index (κ3) is 3.12. The van der Waals surface area contributed by atoms with Gasteiger partial charge in [0.05, 0.1) is 12.7 Å². The van der Waals surface area contributed by atoms with Crippen molar-refractivity contribution in [3.63, 3.8) is 0 Å². The number of aryl methyl sites for hydroxylation is 1. The number of rotatable bonds is 3. The van der Waals surface area contributed by atoms with Gasteiger partial charge in [-0.05, 0) is 20.3 Å². The molecule has 0 aliphatic carbocycles. The molecule has 2 aliphatic heterocycles. The fraction of sp³-hybridized carbons (Fsp3) is 0.500. The summed E-state index contributed by atoms with van der Waals surface area (Å²) in [4.78, 5) is 21.6. The molecule has 3 N–H and O–H groups in total. The zero-order valence-electron chi connectivity index (χ0n) is 14.4. The lowest BCUT2D eigenvalue weighted by molar-refractivity contribution is -0.0466. The number of thiazole rings is 1. The van der Waals surface area contributed by atoms with Crippen molar-refractivity contribution in [1.29, 1.82) is 0 Å². The van der Waals surface area contributed by atoms with E-state index in [2.05, 4.69) is 22.4 Å². The average Bonchev–Trinajstić information content (AvgIpc) is 3.24. The number of fused-ring (bicyclic) bond motifs is 1. The summed E-state index contributed by atoms with van der Waals surface area (Å²) in [6, 6.07) is 1.58. The summed E-state index contributed by atoms with van der Waals surface area (Å²) in [7, 11) is 0. The highest BCUT2D eigenvalue weighted by atomic mass is 32.2. The minimum atomic E-state index is -0.569. The van der Waals surface area contributed by atoms with E-state index in [1.54, 1.807) is 30.1 Å². The molecule has 1 fully saturated rings. The van der Waals surface area contributed by atoms with Crippen molar-refractivity contribution in [2.45, 2.75) is 31.9 Å². The van der Waals surface area contributed by atoms with Crippen LogP contribution in [0.15, 0.2) is 21.0 Å². The van der Waals surface area contributed by atoms with Gasteiger partial charge in [0, 0.05) is 23.1 Å². The van der Waals surface area contributed by atoms with Crippen molar-refractivity contribution in [1.82, 2.24) is 10.1 Å². The fourth-order valence-electron chi connectivity index (χ4n) is 3.26. The van der Waals surface area contributed by atoms with Crippen molar-refractivity contribution in [2.24, 2.45) is 16.6 Å². The molecule has 3 atom stereocenters. The number of hydrogen-bond acceptors (Lipinski definition) is 9. The van der Waals surface area contributed by atoms with E-state index >= 15 is 0 Å². The summed E-state index contributed by atoms with van der Waals surface area (Å²) < 4.78 is 10.8. The van der Waals surface area contributed by atoms with Crippen LogP contribution in [-0.4, -0.2) is 39.7 Å². The number of nitrogens with zero attached hydrogens (tertiary/aromatic N) is 3. The van der Waals surface area contributed by atoms with E-state index in [9.17, 15) is 4.79 Å². The highest BCUT2D eigenvalue weighted by Crippen LogP contribution is 2.46. The summed E-state index contributed by atoms with van der Waals surface area (Å²) in [5, 5.41) is 9.64. The summed E-state index contributed by atoms with van der Waals surface area (Å²) >= 11 is 3.03. The Hall–Kier alpha value is -1.91. The molecule has 4 rings (SSSR count). The maximum atomic E-state index is 12.2. The number of aliphatic imine (C=N–C) groups is 1. The second kappa shape index (κ2) is 6.67. The van der Waals surface area contributed by atoms with Crippen molar-refractivity contribution in [3.8, 4) is 0 Å². The third-order valence-corrected chi connectivity index (χ3v) is 6.56. The van der Waals surface area contributed by atoms with E-state index in [1.807, 2.05) is 0 Å². The Bertz CT molecular complexity index is 864. The van der Waals surface area contributed by atoms with Crippen LogP contribution in [0, 0.1) is 12.8 Å². The first kappa shape index (κ1) is 17.5. The molecule has 2 aliphatic rings. The molecule has 1 amide bonds. The Morgan fingerprint density at radius 1 is 1.50 bits per heavy atom. The van der Waals surface area contributed by atoms with E-state index in [0.717, 1.165) is 17.2 Å². The molecule has 1 saturated heterocycles. The Balaban J connectivity index is 1.59. The Kier molecular flexibility index (Phi) is 4.49. The second-order valence-corrected chi connectivity index (χ2v) is 8.45. The van der Waals surface area contributed by atoms with Gasteiger partial charge in [-0.3, -0.25) is 4.79 Å². The average molecular weight is 393 g/mol. The number of amides is 1. The number of carbonyl (C=O) groups excluding carboxylic acids is 1. The summed E-state index contributed by atoms with van der Waals surface area (Å²) in [6.45, 7) is 4.25. The van der Waals surface area contributed by atoms with Crippen LogP contribution in [0.3, 0.4) is 0 Å². The zero-order chi connectivity index (χ0) is 18.3. The molecule has 2 aromatic rings. The number of anilines is 1. The van der Waals surface area contributed by atoms with Crippen LogP contribution >= 0.6 is 23.1 Å². The molecule has 2 aromatic heterocycles. The molecular weight excluding hydrogens is 374 g/mol. The van der Waals surface area contributed by atoms with Gasteiger partial charge in [0.15, 0.2) is 10.9 Å². The first-order chi connectivity index (χ1) is 12.5. The molecule has 0 radical (unpaired) electrons. The summed E-state index contributed by atoms with van der Waals surface area (Å²) in [5.41, 5.74) is 5.66. The quantitative estimate of drug-likeness (QED) is 0.822. The highest BCUT2D eigenvalue weighted by molar-refractivity contribution is 8.13. The third-order valence-electron chi connectivity index (χ3n) is 4.60. The van der Waals surface area contributed by atoms with Gasteiger partial charge in [0.25, 0.3) is 5.91 Å². The number of amidine groups is 1. The summed E-state index contributed by atoms with van der Waals surface area (Å²) in [5.74, 6) is 1.88. The molecular formula is C16H19N5O3S2. The standard InChI is InChI=1S/C16H19N5O3S2/c1-8-3-10-5-26-15(17)20-16(10,7-23-8)14-19-12(6-25-14)18-13(22)11-4-9(2)24-21-11/h4,6,8,10H,3,5,7H2,1-2H3,(H2,17,20)(H,18,22). The lowest BCUT2D eigenvalue weighted by atomic mass is 9.80. The van der Waals surface area contributed by atoms with Crippen molar-refractivity contribution in [3.05, 3.63) is 27.9 Å². The lowest BCUT2D eigenvalue weighted by Crippen LogP contribution is -2.49. The normalized spacial score (nSPS) is 28.3.